The second-order valence-electron chi connectivity index (χ2n) is 16.0. The van der Waals surface area contributed by atoms with Crippen molar-refractivity contribution in [2.45, 2.75) is 0 Å². The molecule has 0 bridgehead atoms. The molecule has 296 valence electrons. The second kappa shape index (κ2) is 16.7. The van der Waals surface area contributed by atoms with Crippen LogP contribution in [-0.2, 0) is 0 Å². The van der Waals surface area contributed by atoms with Gasteiger partial charge in [0.2, 0.25) is 0 Å². The van der Waals surface area contributed by atoms with E-state index in [2.05, 4.69) is 266 Å². The molecule has 0 atom stereocenters. The molecule has 0 radical (unpaired) electrons. The molecule has 1 heteroatoms. The topological polar surface area (TPSA) is 3.24 Å². The monoisotopic (exact) mass is 801 g/mol. The summed E-state index contributed by atoms with van der Waals surface area (Å²) in [5, 5.41) is 4.98. The van der Waals surface area contributed by atoms with Crippen molar-refractivity contribution < 1.29 is 0 Å². The molecule has 0 aliphatic heterocycles. The van der Waals surface area contributed by atoms with Crippen LogP contribution in [0.5, 0.6) is 0 Å². The molecule has 0 amide bonds. The van der Waals surface area contributed by atoms with Crippen LogP contribution in [-0.4, -0.2) is 0 Å². The summed E-state index contributed by atoms with van der Waals surface area (Å²) in [5.74, 6) is 0. The van der Waals surface area contributed by atoms with E-state index in [1.54, 1.807) is 0 Å². The maximum Gasteiger partial charge on any atom is 0.0540 e. The number of para-hydroxylation sites is 1. The largest absolute Gasteiger partial charge is 0.310 e. The molecule has 1 nitrogen and oxygen atoms in total. The summed E-state index contributed by atoms with van der Waals surface area (Å²) >= 11 is 0. The highest BCUT2D eigenvalue weighted by atomic mass is 15.1. The standard InChI is InChI=1S/C62H43N/c1-5-17-44(18-6-1)46-29-31-47(32-30-46)49-35-40-54(41-36-49)63(53-38-33-48(34-39-53)45-19-7-2-8-20-45)60-28-16-15-25-55(60)52-37-42-57-56-26-13-14-27-58(56)61(50-21-9-3-10-22-50)62(59(57)43-52)51-23-11-4-12-24-51/h1-43H. The van der Waals surface area contributed by atoms with Crippen LogP contribution in [0.25, 0.3) is 88.3 Å². The Bertz CT molecular complexity index is 3320. The molecule has 0 spiro atoms. The predicted molar refractivity (Wildman–Crippen MR) is 269 cm³/mol. The van der Waals surface area contributed by atoms with Gasteiger partial charge >= 0.3 is 0 Å². The lowest BCUT2D eigenvalue weighted by molar-refractivity contribution is 1.28. The summed E-state index contributed by atoms with van der Waals surface area (Å²) in [6.07, 6.45) is 0. The number of rotatable bonds is 9. The van der Waals surface area contributed by atoms with Crippen molar-refractivity contribution in [2.24, 2.45) is 0 Å². The molecule has 0 unspecified atom stereocenters. The first kappa shape index (κ1) is 37.7. The van der Waals surface area contributed by atoms with Crippen LogP contribution >= 0.6 is 0 Å². The van der Waals surface area contributed by atoms with Gasteiger partial charge in [0.25, 0.3) is 0 Å². The summed E-state index contributed by atoms with van der Waals surface area (Å²) in [7, 11) is 0. The lowest BCUT2D eigenvalue weighted by Crippen LogP contribution is -2.11. The van der Waals surface area contributed by atoms with Crippen molar-refractivity contribution in [1.29, 1.82) is 0 Å². The first-order valence-electron chi connectivity index (χ1n) is 21.7. The van der Waals surface area contributed by atoms with Crippen LogP contribution in [0.1, 0.15) is 0 Å². The Hall–Kier alpha value is -8.26. The van der Waals surface area contributed by atoms with E-state index in [1.807, 2.05) is 0 Å². The summed E-state index contributed by atoms with van der Waals surface area (Å²) in [5.41, 5.74) is 17.7. The van der Waals surface area contributed by atoms with E-state index in [9.17, 15) is 0 Å². The summed E-state index contributed by atoms with van der Waals surface area (Å²) in [4.78, 5) is 2.41. The number of benzene rings is 11. The minimum atomic E-state index is 1.09. The molecular weight excluding hydrogens is 759 g/mol. The Balaban J connectivity index is 1.07. The van der Waals surface area contributed by atoms with E-state index in [0.717, 1.165) is 28.2 Å². The van der Waals surface area contributed by atoms with E-state index < -0.39 is 0 Å². The molecule has 11 aromatic carbocycles. The van der Waals surface area contributed by atoms with Gasteiger partial charge in [-0.25, -0.2) is 0 Å². The molecule has 0 N–H and O–H groups in total. The number of fused-ring (bicyclic) bond motifs is 3. The first-order chi connectivity index (χ1) is 31.3. The summed E-state index contributed by atoms with van der Waals surface area (Å²) < 4.78 is 0. The van der Waals surface area contributed by atoms with E-state index in [-0.39, 0.29) is 0 Å². The third-order valence-electron chi connectivity index (χ3n) is 12.3. The smallest absolute Gasteiger partial charge is 0.0540 e. The summed E-state index contributed by atoms with van der Waals surface area (Å²) in [6.45, 7) is 0. The molecule has 0 aliphatic carbocycles. The van der Waals surface area contributed by atoms with E-state index in [4.69, 9.17) is 0 Å². The molecule has 11 aromatic rings. The fourth-order valence-corrected chi connectivity index (χ4v) is 9.23. The zero-order valence-corrected chi connectivity index (χ0v) is 34.8. The van der Waals surface area contributed by atoms with Crippen LogP contribution in [0.3, 0.4) is 0 Å². The lowest BCUT2D eigenvalue weighted by atomic mass is 9.84. The van der Waals surface area contributed by atoms with Crippen molar-refractivity contribution in [2.75, 3.05) is 4.90 Å². The molecular formula is C62H43N. The van der Waals surface area contributed by atoms with Gasteiger partial charge in [0.05, 0.1) is 5.69 Å². The van der Waals surface area contributed by atoms with Crippen molar-refractivity contribution in [3.8, 4) is 66.8 Å². The number of nitrogens with zero attached hydrogens (tertiary/aromatic N) is 1. The van der Waals surface area contributed by atoms with Crippen molar-refractivity contribution in [1.82, 2.24) is 0 Å². The fourth-order valence-electron chi connectivity index (χ4n) is 9.23. The van der Waals surface area contributed by atoms with Crippen LogP contribution in [0.15, 0.2) is 261 Å². The van der Waals surface area contributed by atoms with Gasteiger partial charge in [-0.3, -0.25) is 0 Å². The fraction of sp³-hybridized carbons (Fsp3) is 0. The first-order valence-corrected chi connectivity index (χ1v) is 21.7. The Kier molecular flexibility index (Phi) is 9.97. The number of anilines is 3. The quantitative estimate of drug-likeness (QED) is 0.131. The molecule has 0 aromatic heterocycles. The molecule has 0 fully saturated rings. The Labute approximate surface area is 369 Å². The van der Waals surface area contributed by atoms with E-state index in [0.29, 0.717) is 0 Å². The second-order valence-corrected chi connectivity index (χ2v) is 16.0. The molecule has 0 saturated heterocycles. The average Bonchev–Trinajstić information content (AvgIpc) is 3.37. The van der Waals surface area contributed by atoms with Gasteiger partial charge in [0.1, 0.15) is 0 Å². The van der Waals surface area contributed by atoms with Crippen molar-refractivity contribution >= 4 is 38.6 Å². The lowest BCUT2D eigenvalue weighted by Gasteiger charge is -2.28. The van der Waals surface area contributed by atoms with Gasteiger partial charge in [0.15, 0.2) is 0 Å². The van der Waals surface area contributed by atoms with E-state index in [1.165, 1.54) is 77.2 Å². The Morgan fingerprint density at radius 3 is 1.03 bits per heavy atom. The zero-order valence-electron chi connectivity index (χ0n) is 34.8. The van der Waals surface area contributed by atoms with Crippen LogP contribution in [0.4, 0.5) is 17.1 Å². The Morgan fingerprint density at radius 2 is 0.540 bits per heavy atom. The van der Waals surface area contributed by atoms with E-state index >= 15 is 0 Å². The highest BCUT2D eigenvalue weighted by molar-refractivity contribution is 6.22. The van der Waals surface area contributed by atoms with Crippen LogP contribution < -0.4 is 4.90 Å². The minimum Gasteiger partial charge on any atom is -0.310 e. The van der Waals surface area contributed by atoms with Gasteiger partial charge < -0.3 is 4.90 Å². The molecule has 11 rings (SSSR count). The SMILES string of the molecule is c1ccc(-c2ccc(-c3ccc(N(c4ccc(-c5ccccc5)cc4)c4ccccc4-c4ccc5c(c4)c(-c4ccccc4)c(-c4ccccc4)c4ccccc45)cc3)cc2)cc1. The van der Waals surface area contributed by atoms with Crippen molar-refractivity contribution in [3.05, 3.63) is 261 Å². The van der Waals surface area contributed by atoms with Gasteiger partial charge in [-0.05, 0) is 119 Å². The third-order valence-corrected chi connectivity index (χ3v) is 12.3. The third kappa shape index (κ3) is 7.26. The zero-order chi connectivity index (χ0) is 42.0. The highest BCUT2D eigenvalue weighted by Gasteiger charge is 2.21. The average molecular weight is 802 g/mol. The molecule has 0 aliphatic rings. The van der Waals surface area contributed by atoms with Crippen LogP contribution in [0.2, 0.25) is 0 Å². The minimum absolute atomic E-state index is 1.09. The molecule has 0 heterocycles. The van der Waals surface area contributed by atoms with Crippen LogP contribution in [0, 0.1) is 0 Å². The summed E-state index contributed by atoms with van der Waals surface area (Å²) in [6, 6.07) is 94.6. The maximum atomic E-state index is 2.42. The van der Waals surface area contributed by atoms with Crippen molar-refractivity contribution in [3.63, 3.8) is 0 Å². The van der Waals surface area contributed by atoms with Gasteiger partial charge in [0, 0.05) is 16.9 Å². The van der Waals surface area contributed by atoms with Gasteiger partial charge in [-0.1, -0.05) is 224 Å². The number of hydrogen-bond donors (Lipinski definition) is 0. The normalized spacial score (nSPS) is 11.2. The number of hydrogen-bond acceptors (Lipinski definition) is 1. The maximum absolute atomic E-state index is 2.42. The Morgan fingerprint density at radius 1 is 0.206 bits per heavy atom. The highest BCUT2D eigenvalue weighted by Crippen LogP contribution is 2.47. The van der Waals surface area contributed by atoms with Gasteiger partial charge in [-0.15, -0.1) is 0 Å². The molecule has 0 saturated carbocycles. The molecule has 63 heavy (non-hydrogen) atoms. The van der Waals surface area contributed by atoms with Gasteiger partial charge in [-0.2, -0.15) is 0 Å². The predicted octanol–water partition coefficient (Wildman–Crippen LogP) is 17.5.